The number of phosphoric acid groups is 1. The molecule has 3 unspecified atom stereocenters. The molecule has 9 nitrogen and oxygen atoms in total. The highest BCUT2D eigenvalue weighted by Gasteiger charge is 2.30. The lowest BCUT2D eigenvalue weighted by atomic mass is 10.0. The van der Waals surface area contributed by atoms with Crippen LogP contribution in [0.5, 0.6) is 0 Å². The Labute approximate surface area is 512 Å². The molecule has 0 aromatic carbocycles. The minimum absolute atomic E-state index is 0.0295. The summed E-state index contributed by atoms with van der Waals surface area (Å²) < 4.78 is 30.7. The number of nitrogens with zero attached hydrogens (tertiary/aromatic N) is 1. The molecule has 2 N–H and O–H groups in total. The van der Waals surface area contributed by atoms with Gasteiger partial charge in [-0.25, -0.2) is 4.57 Å². The third-order valence-electron chi connectivity index (χ3n) is 14.4. The number of hydrogen-bond acceptors (Lipinski definition) is 6. The van der Waals surface area contributed by atoms with Crippen molar-refractivity contribution >= 4 is 19.7 Å². The molecule has 0 rings (SSSR count). The normalized spacial score (nSPS) is 14.3. The molecular formula is C73H128N2O7P+. The number of rotatable bonds is 60. The number of phosphoric ester groups is 1. The van der Waals surface area contributed by atoms with Gasteiger partial charge in [-0.1, -0.05) is 265 Å². The van der Waals surface area contributed by atoms with Crippen LogP contribution in [0.25, 0.3) is 0 Å². The number of amides is 1. The molecule has 0 spiro atoms. The average molecular weight is 1180 g/mol. The highest BCUT2D eigenvalue weighted by molar-refractivity contribution is 7.47. The van der Waals surface area contributed by atoms with Crippen LogP contribution in [0.15, 0.2) is 122 Å². The number of quaternary nitrogens is 1. The van der Waals surface area contributed by atoms with E-state index in [4.69, 9.17) is 13.8 Å². The number of nitrogens with one attached hydrogen (secondary N) is 1. The Morgan fingerprint density at radius 1 is 0.434 bits per heavy atom. The number of unbranched alkanes of at least 4 members (excludes halogenated alkanes) is 26. The van der Waals surface area contributed by atoms with E-state index >= 15 is 0 Å². The molecule has 10 heteroatoms. The summed E-state index contributed by atoms with van der Waals surface area (Å²) in [5.41, 5.74) is 0. The molecule has 0 radical (unpaired) electrons. The zero-order valence-corrected chi connectivity index (χ0v) is 55.3. The topological polar surface area (TPSA) is 111 Å². The summed E-state index contributed by atoms with van der Waals surface area (Å²) in [6, 6.07) is -0.868. The lowest BCUT2D eigenvalue weighted by Crippen LogP contribution is -2.47. The maximum Gasteiger partial charge on any atom is 0.472 e. The van der Waals surface area contributed by atoms with Crippen LogP contribution in [-0.2, 0) is 27.9 Å². The number of carbonyl (C=O) groups is 2. The summed E-state index contributed by atoms with van der Waals surface area (Å²) >= 11 is 0. The predicted octanol–water partition coefficient (Wildman–Crippen LogP) is 21.4. The Hall–Kier alpha value is -3.59. The van der Waals surface area contributed by atoms with Crippen molar-refractivity contribution in [3.63, 3.8) is 0 Å². The molecule has 0 aliphatic carbocycles. The largest absolute Gasteiger partial charge is 0.472 e. The van der Waals surface area contributed by atoms with E-state index in [1.165, 1.54) is 103 Å². The molecule has 0 aliphatic rings. The fraction of sp³-hybridized carbons (Fsp3) is 0.699. The second-order valence-corrected chi connectivity index (χ2v) is 25.1. The minimum Gasteiger partial charge on any atom is -0.456 e. The SMILES string of the molecule is CC/C=C\C/C=C\C/C=C\C/C=C\C/C=C\CCCCCCCCCCCC(=O)NC(COP(=O)(O)OCC[N+](C)(C)C)C(/C=C\CCCCCCCCCCC)OC(=O)CCCCCCC/C=C\C/C=C\C/C=C\C/C=C\CCCCC. The van der Waals surface area contributed by atoms with Gasteiger partial charge in [-0.05, 0) is 122 Å². The van der Waals surface area contributed by atoms with Crippen molar-refractivity contribution in [2.45, 2.75) is 290 Å². The third-order valence-corrected chi connectivity index (χ3v) is 15.4. The van der Waals surface area contributed by atoms with Crippen LogP contribution in [0.2, 0.25) is 0 Å². The average Bonchev–Trinajstić information content (AvgIpc) is 3.51. The van der Waals surface area contributed by atoms with E-state index in [2.05, 4.69) is 135 Å². The maximum atomic E-state index is 13.6. The zero-order valence-electron chi connectivity index (χ0n) is 54.4. The van der Waals surface area contributed by atoms with Gasteiger partial charge in [0.05, 0.1) is 33.8 Å². The fourth-order valence-electron chi connectivity index (χ4n) is 9.19. The summed E-state index contributed by atoms with van der Waals surface area (Å²) in [6.45, 7) is 6.85. The molecule has 0 saturated heterocycles. The van der Waals surface area contributed by atoms with Crippen molar-refractivity contribution in [1.82, 2.24) is 5.32 Å². The second kappa shape index (κ2) is 61.5. The molecule has 0 saturated carbocycles. The lowest BCUT2D eigenvalue weighted by Gasteiger charge is -2.27. The van der Waals surface area contributed by atoms with E-state index in [1.54, 1.807) is 0 Å². The van der Waals surface area contributed by atoms with Crippen molar-refractivity contribution in [3.05, 3.63) is 122 Å². The molecule has 0 aliphatic heterocycles. The Balaban J connectivity index is 5.15. The van der Waals surface area contributed by atoms with Gasteiger partial charge in [0.2, 0.25) is 5.91 Å². The van der Waals surface area contributed by atoms with E-state index in [-0.39, 0.29) is 31.5 Å². The first kappa shape index (κ1) is 79.4. The van der Waals surface area contributed by atoms with Gasteiger partial charge in [-0.15, -0.1) is 0 Å². The molecular weight excluding hydrogens is 1050 g/mol. The number of allylic oxidation sites excluding steroid dienone is 19. The van der Waals surface area contributed by atoms with Crippen LogP contribution in [-0.4, -0.2) is 74.3 Å². The Morgan fingerprint density at radius 3 is 1.18 bits per heavy atom. The van der Waals surface area contributed by atoms with Crippen molar-refractivity contribution in [2.75, 3.05) is 40.9 Å². The highest BCUT2D eigenvalue weighted by atomic mass is 31.2. The number of ether oxygens (including phenoxy) is 1. The number of likely N-dealkylation sites (N-methyl/N-ethyl adjacent to an activating group) is 1. The first-order chi connectivity index (χ1) is 40.4. The number of carbonyl (C=O) groups excluding carboxylic acids is 2. The van der Waals surface area contributed by atoms with Gasteiger partial charge < -0.3 is 19.4 Å². The minimum atomic E-state index is -4.47. The van der Waals surface area contributed by atoms with Crippen molar-refractivity contribution < 1.29 is 37.3 Å². The monoisotopic (exact) mass is 1180 g/mol. The van der Waals surface area contributed by atoms with E-state index in [0.29, 0.717) is 23.9 Å². The first-order valence-corrected chi connectivity index (χ1v) is 35.4. The van der Waals surface area contributed by atoms with Crippen LogP contribution < -0.4 is 5.32 Å². The standard InChI is InChI=1S/C73H127N2O7P/c1-7-10-13-16-19-22-25-27-29-31-33-35-36-37-38-40-41-43-45-47-50-53-56-59-62-65-72(76)74-70(69-81-83(78,79)80-68-67-75(4,5)6)71(64-61-58-55-52-49-24-21-18-15-12-9-3)82-73(77)66-63-60-57-54-51-48-46-44-42-39-34-32-30-28-26-23-20-17-14-11-8-2/h10,13,19-20,22-23,27-30,33-35,37-39,44,46,61,64,70-71H,7-9,11-12,14-18,21,24-26,31-32,36,40-43,45,47-60,62-63,65-69H2,1-6H3,(H-,74,76,78,79)/p+1/b13-10-,22-19-,23-20-,29-27-,30-28-,35-33-,38-37-,39-34-,46-44-,64-61-. The van der Waals surface area contributed by atoms with Gasteiger partial charge in [0.1, 0.15) is 19.3 Å². The van der Waals surface area contributed by atoms with Crippen molar-refractivity contribution in [1.29, 1.82) is 0 Å². The lowest BCUT2D eigenvalue weighted by molar-refractivity contribution is -0.870. The van der Waals surface area contributed by atoms with Gasteiger partial charge in [-0.2, -0.15) is 0 Å². The summed E-state index contributed by atoms with van der Waals surface area (Å²) in [7, 11) is 1.47. The van der Waals surface area contributed by atoms with Crippen molar-refractivity contribution in [3.8, 4) is 0 Å². The molecule has 0 aromatic rings. The maximum absolute atomic E-state index is 13.6. The van der Waals surface area contributed by atoms with Crippen LogP contribution in [0.1, 0.15) is 278 Å². The molecule has 83 heavy (non-hydrogen) atoms. The van der Waals surface area contributed by atoms with Gasteiger partial charge in [0.15, 0.2) is 0 Å². The predicted molar refractivity (Wildman–Crippen MR) is 360 cm³/mol. The molecule has 0 bridgehead atoms. The Bertz CT molecular complexity index is 1830. The van der Waals surface area contributed by atoms with Gasteiger partial charge in [0, 0.05) is 12.8 Å². The summed E-state index contributed by atoms with van der Waals surface area (Å²) in [5.74, 6) is -0.538. The van der Waals surface area contributed by atoms with E-state index in [1.807, 2.05) is 33.3 Å². The molecule has 476 valence electrons. The van der Waals surface area contributed by atoms with E-state index in [0.717, 1.165) is 135 Å². The smallest absolute Gasteiger partial charge is 0.456 e. The molecule has 0 aromatic heterocycles. The van der Waals surface area contributed by atoms with Crippen LogP contribution in [0, 0.1) is 0 Å². The zero-order chi connectivity index (χ0) is 60.7. The van der Waals surface area contributed by atoms with E-state index < -0.39 is 20.0 Å². The molecule has 0 heterocycles. The van der Waals surface area contributed by atoms with Crippen LogP contribution in [0.3, 0.4) is 0 Å². The van der Waals surface area contributed by atoms with Crippen LogP contribution >= 0.6 is 7.82 Å². The first-order valence-electron chi connectivity index (χ1n) is 33.9. The van der Waals surface area contributed by atoms with E-state index in [9.17, 15) is 19.0 Å². The fourth-order valence-corrected chi connectivity index (χ4v) is 9.92. The Morgan fingerprint density at radius 2 is 0.771 bits per heavy atom. The second-order valence-electron chi connectivity index (χ2n) is 23.6. The quantitative estimate of drug-likeness (QED) is 0.0205. The van der Waals surface area contributed by atoms with Crippen molar-refractivity contribution in [2.24, 2.45) is 0 Å². The summed E-state index contributed by atoms with van der Waals surface area (Å²) in [6.07, 6.45) is 86.3. The number of esters is 1. The van der Waals surface area contributed by atoms with Crippen LogP contribution in [0.4, 0.5) is 0 Å². The van der Waals surface area contributed by atoms with Gasteiger partial charge in [0.25, 0.3) is 0 Å². The summed E-state index contributed by atoms with van der Waals surface area (Å²) in [5, 5.41) is 3.05. The molecule has 3 atom stereocenters. The number of hydrogen-bond donors (Lipinski definition) is 2. The Kier molecular flexibility index (Phi) is 58.8. The van der Waals surface area contributed by atoms with Gasteiger partial charge in [-0.3, -0.25) is 18.6 Å². The molecule has 0 fully saturated rings. The summed E-state index contributed by atoms with van der Waals surface area (Å²) in [4.78, 5) is 37.8. The highest BCUT2D eigenvalue weighted by Crippen LogP contribution is 2.43. The third kappa shape index (κ3) is 62.8. The molecule has 1 amide bonds. The van der Waals surface area contributed by atoms with Gasteiger partial charge >= 0.3 is 13.8 Å².